The SMILES string of the molecule is CCOc1ccccc1[C@H](C)Nc1nc(O[C@@H]2CCCNC2)nc2c(C(C)C)cnn12. The highest BCUT2D eigenvalue weighted by Crippen LogP contribution is 2.29. The van der Waals surface area contributed by atoms with Gasteiger partial charge >= 0.3 is 6.01 Å². The number of nitrogens with one attached hydrogen (secondary N) is 2. The third-order valence-corrected chi connectivity index (χ3v) is 5.55. The number of rotatable bonds is 8. The lowest BCUT2D eigenvalue weighted by Gasteiger charge is -2.23. The number of hydrogen-bond acceptors (Lipinski definition) is 7. The Balaban J connectivity index is 1.68. The number of hydrogen-bond donors (Lipinski definition) is 2. The molecule has 0 unspecified atom stereocenters. The topological polar surface area (TPSA) is 85.6 Å². The van der Waals surface area contributed by atoms with Crippen molar-refractivity contribution in [3.63, 3.8) is 0 Å². The summed E-state index contributed by atoms with van der Waals surface area (Å²) < 4.78 is 13.7. The van der Waals surface area contributed by atoms with E-state index in [1.807, 2.05) is 31.3 Å². The van der Waals surface area contributed by atoms with Gasteiger partial charge in [0.25, 0.3) is 0 Å². The van der Waals surface area contributed by atoms with Crippen molar-refractivity contribution in [1.82, 2.24) is 24.9 Å². The minimum absolute atomic E-state index is 0.0447. The van der Waals surface area contributed by atoms with Crippen molar-refractivity contribution in [3.8, 4) is 11.8 Å². The van der Waals surface area contributed by atoms with Gasteiger partial charge < -0.3 is 20.1 Å². The number of aromatic nitrogens is 4. The highest BCUT2D eigenvalue weighted by molar-refractivity contribution is 5.53. The maximum atomic E-state index is 6.17. The lowest BCUT2D eigenvalue weighted by molar-refractivity contribution is 0.153. The van der Waals surface area contributed by atoms with E-state index in [4.69, 9.17) is 19.4 Å². The van der Waals surface area contributed by atoms with E-state index in [1.54, 1.807) is 4.52 Å². The monoisotopic (exact) mass is 424 g/mol. The van der Waals surface area contributed by atoms with Crippen molar-refractivity contribution in [1.29, 1.82) is 0 Å². The molecule has 1 saturated heterocycles. The molecule has 0 amide bonds. The Morgan fingerprint density at radius 3 is 2.77 bits per heavy atom. The fourth-order valence-corrected chi connectivity index (χ4v) is 3.89. The number of piperidine rings is 1. The van der Waals surface area contributed by atoms with E-state index in [0.29, 0.717) is 24.5 Å². The number of benzene rings is 1. The number of para-hydroxylation sites is 1. The van der Waals surface area contributed by atoms with Gasteiger partial charge in [0, 0.05) is 17.7 Å². The van der Waals surface area contributed by atoms with Crippen LogP contribution in [0.15, 0.2) is 30.5 Å². The minimum Gasteiger partial charge on any atom is -0.494 e. The van der Waals surface area contributed by atoms with Gasteiger partial charge in [-0.1, -0.05) is 32.0 Å². The van der Waals surface area contributed by atoms with Crippen LogP contribution in [0.5, 0.6) is 11.8 Å². The third kappa shape index (κ3) is 4.74. The van der Waals surface area contributed by atoms with Crippen LogP contribution in [0, 0.1) is 0 Å². The third-order valence-electron chi connectivity index (χ3n) is 5.55. The van der Waals surface area contributed by atoms with Crippen molar-refractivity contribution in [2.75, 3.05) is 25.0 Å². The quantitative estimate of drug-likeness (QED) is 0.566. The number of fused-ring (bicyclic) bond motifs is 1. The molecule has 3 heterocycles. The van der Waals surface area contributed by atoms with Gasteiger partial charge in [0.05, 0.1) is 18.8 Å². The molecule has 1 aliphatic rings. The van der Waals surface area contributed by atoms with E-state index < -0.39 is 0 Å². The van der Waals surface area contributed by atoms with Gasteiger partial charge in [-0.05, 0) is 45.2 Å². The van der Waals surface area contributed by atoms with Gasteiger partial charge in [0.1, 0.15) is 11.9 Å². The Bertz CT molecular complexity index is 1010. The summed E-state index contributed by atoms with van der Waals surface area (Å²) in [5, 5.41) is 11.4. The first-order valence-electron chi connectivity index (χ1n) is 11.2. The second-order valence-electron chi connectivity index (χ2n) is 8.24. The summed E-state index contributed by atoms with van der Waals surface area (Å²) in [4.78, 5) is 9.41. The highest BCUT2D eigenvalue weighted by Gasteiger charge is 2.21. The molecule has 3 aromatic rings. The Labute approximate surface area is 183 Å². The first-order valence-corrected chi connectivity index (χ1v) is 11.2. The lowest BCUT2D eigenvalue weighted by Crippen LogP contribution is -2.37. The molecule has 0 bridgehead atoms. The van der Waals surface area contributed by atoms with Crippen molar-refractivity contribution >= 4 is 11.6 Å². The molecule has 2 atom stereocenters. The molecule has 0 saturated carbocycles. The highest BCUT2D eigenvalue weighted by atomic mass is 16.5. The fourth-order valence-electron chi connectivity index (χ4n) is 3.89. The van der Waals surface area contributed by atoms with Gasteiger partial charge in [-0.15, -0.1) is 0 Å². The van der Waals surface area contributed by atoms with Gasteiger partial charge in [-0.3, -0.25) is 0 Å². The van der Waals surface area contributed by atoms with Crippen LogP contribution < -0.4 is 20.1 Å². The largest absolute Gasteiger partial charge is 0.494 e. The molecule has 0 radical (unpaired) electrons. The number of ether oxygens (including phenoxy) is 2. The number of anilines is 1. The summed E-state index contributed by atoms with van der Waals surface area (Å²) >= 11 is 0. The van der Waals surface area contributed by atoms with E-state index in [1.165, 1.54) is 0 Å². The standard InChI is InChI=1S/C23H32N6O2/c1-5-30-20-11-7-6-10-18(20)16(4)26-22-28-23(31-17-9-8-12-24-13-17)27-21-19(15(2)3)14-25-29(21)22/h6-7,10-11,14-17,24H,5,8-9,12-13H2,1-4H3,(H,26,27,28)/t16-,17+/m0/s1. The molecule has 8 heteroatoms. The average molecular weight is 425 g/mol. The lowest BCUT2D eigenvalue weighted by atomic mass is 10.1. The van der Waals surface area contributed by atoms with Crippen LogP contribution >= 0.6 is 0 Å². The molecule has 8 nitrogen and oxygen atoms in total. The van der Waals surface area contributed by atoms with Gasteiger partial charge in [0.15, 0.2) is 5.65 Å². The normalized spacial score (nSPS) is 17.6. The molecule has 1 aromatic carbocycles. The van der Waals surface area contributed by atoms with Gasteiger partial charge in [0.2, 0.25) is 5.95 Å². The fraction of sp³-hybridized carbons (Fsp3) is 0.522. The molecule has 0 aliphatic carbocycles. The van der Waals surface area contributed by atoms with Crippen LogP contribution in [-0.4, -0.2) is 45.4 Å². The zero-order valence-electron chi connectivity index (χ0n) is 18.8. The second-order valence-corrected chi connectivity index (χ2v) is 8.24. The molecular formula is C23H32N6O2. The van der Waals surface area contributed by atoms with Gasteiger partial charge in [-0.2, -0.15) is 19.6 Å². The molecule has 1 fully saturated rings. The van der Waals surface area contributed by atoms with Crippen LogP contribution in [0.1, 0.15) is 63.6 Å². The van der Waals surface area contributed by atoms with Gasteiger partial charge in [-0.25, -0.2) is 0 Å². The van der Waals surface area contributed by atoms with Crippen molar-refractivity contribution < 1.29 is 9.47 Å². The molecule has 2 aromatic heterocycles. The summed E-state index contributed by atoms with van der Waals surface area (Å²) in [6.45, 7) is 10.8. The molecular weight excluding hydrogens is 392 g/mol. The predicted octanol–water partition coefficient (Wildman–Crippen LogP) is 3.95. The predicted molar refractivity (Wildman–Crippen MR) is 121 cm³/mol. The van der Waals surface area contributed by atoms with Crippen molar-refractivity contribution in [2.45, 2.75) is 58.6 Å². The van der Waals surface area contributed by atoms with Crippen molar-refractivity contribution in [3.05, 3.63) is 41.6 Å². The smallest absolute Gasteiger partial charge is 0.322 e. The zero-order valence-corrected chi connectivity index (χ0v) is 18.8. The first kappa shape index (κ1) is 21.4. The molecule has 31 heavy (non-hydrogen) atoms. The van der Waals surface area contributed by atoms with E-state index in [-0.39, 0.29) is 12.1 Å². The van der Waals surface area contributed by atoms with Crippen LogP contribution in [0.4, 0.5) is 5.95 Å². The van der Waals surface area contributed by atoms with Crippen LogP contribution in [0.2, 0.25) is 0 Å². The maximum Gasteiger partial charge on any atom is 0.322 e. The van der Waals surface area contributed by atoms with E-state index in [2.05, 4.69) is 42.6 Å². The van der Waals surface area contributed by atoms with Crippen LogP contribution in [0.3, 0.4) is 0 Å². The maximum absolute atomic E-state index is 6.17. The Kier molecular flexibility index (Phi) is 6.56. The number of nitrogens with zero attached hydrogens (tertiary/aromatic N) is 4. The summed E-state index contributed by atoms with van der Waals surface area (Å²) in [7, 11) is 0. The summed E-state index contributed by atoms with van der Waals surface area (Å²) in [5.74, 6) is 1.76. The average Bonchev–Trinajstić information content (AvgIpc) is 3.20. The minimum atomic E-state index is -0.0447. The summed E-state index contributed by atoms with van der Waals surface area (Å²) in [6, 6.07) is 8.39. The Hall–Kier alpha value is -2.87. The van der Waals surface area contributed by atoms with E-state index >= 15 is 0 Å². The molecule has 2 N–H and O–H groups in total. The molecule has 4 rings (SSSR count). The Morgan fingerprint density at radius 1 is 1.19 bits per heavy atom. The van der Waals surface area contributed by atoms with Crippen LogP contribution in [0.25, 0.3) is 5.65 Å². The first-order chi connectivity index (χ1) is 15.1. The van der Waals surface area contributed by atoms with Crippen molar-refractivity contribution in [2.24, 2.45) is 0 Å². The molecule has 1 aliphatic heterocycles. The Morgan fingerprint density at radius 2 is 2.03 bits per heavy atom. The van der Waals surface area contributed by atoms with Crippen LogP contribution in [-0.2, 0) is 0 Å². The summed E-state index contributed by atoms with van der Waals surface area (Å²) in [6.07, 6.45) is 4.03. The summed E-state index contributed by atoms with van der Waals surface area (Å²) in [5.41, 5.74) is 2.90. The molecule has 0 spiro atoms. The van der Waals surface area contributed by atoms with E-state index in [9.17, 15) is 0 Å². The molecule has 166 valence electrons. The van der Waals surface area contributed by atoms with E-state index in [0.717, 1.165) is 48.5 Å². The second kappa shape index (κ2) is 9.51. The zero-order chi connectivity index (χ0) is 21.8.